The molecule has 4 nitrogen and oxygen atoms in total. The third-order valence-corrected chi connectivity index (χ3v) is 26.0. The Bertz CT molecular complexity index is 5800. The molecule has 22 rings (SSSR count). The van der Waals surface area contributed by atoms with Crippen LogP contribution >= 0.6 is 11.8 Å². The normalized spacial score (nSPS) is 19.5. The second-order valence-electron chi connectivity index (χ2n) is 29.8. The van der Waals surface area contributed by atoms with E-state index >= 15 is 0 Å². The lowest BCUT2D eigenvalue weighted by molar-refractivity contribution is 0.195. The van der Waals surface area contributed by atoms with Crippen LogP contribution in [0.2, 0.25) is 0 Å². The van der Waals surface area contributed by atoms with Gasteiger partial charge in [-0.25, -0.2) is 0 Å². The largest absolute Gasteiger partial charge is 0.376 e. The van der Waals surface area contributed by atoms with Gasteiger partial charge in [-0.2, -0.15) is 0 Å². The van der Waals surface area contributed by atoms with Gasteiger partial charge in [0.1, 0.15) is 0 Å². The number of hydrogen-bond acceptors (Lipinski definition) is 5. The van der Waals surface area contributed by atoms with E-state index in [9.17, 15) is 0 Å². The summed E-state index contributed by atoms with van der Waals surface area (Å²) >= 11 is 2.05. The molecule has 0 aromatic heterocycles. The molecule has 7 heterocycles. The number of para-hydroxylation sites is 1. The second-order valence-corrected chi connectivity index (χ2v) is 30.9. The summed E-state index contributed by atoms with van der Waals surface area (Å²) < 4.78 is 0. The molecule has 14 aromatic carbocycles. The first-order valence-electron chi connectivity index (χ1n) is 35.7. The van der Waals surface area contributed by atoms with Crippen LogP contribution in [0.3, 0.4) is 0 Å². The number of thioether (sulfide) groups is 1. The van der Waals surface area contributed by atoms with E-state index in [2.05, 4.69) is 325 Å². The summed E-state index contributed by atoms with van der Waals surface area (Å²) in [5.74, 6) is 0.262. The van der Waals surface area contributed by atoms with Gasteiger partial charge in [0, 0.05) is 72.9 Å². The van der Waals surface area contributed by atoms with Crippen LogP contribution in [-0.2, 0) is 11.8 Å². The molecule has 4 unspecified atom stereocenters. The van der Waals surface area contributed by atoms with Crippen LogP contribution in [0.15, 0.2) is 290 Å². The molecule has 0 radical (unpaired) electrons. The first-order chi connectivity index (χ1) is 48.7. The second kappa shape index (κ2) is 20.7. The van der Waals surface area contributed by atoms with Crippen molar-refractivity contribution in [3.63, 3.8) is 0 Å². The number of hydrogen-bond donors (Lipinski definition) is 0. The van der Waals surface area contributed by atoms with E-state index < -0.39 is 0 Å². The predicted octanol–water partition coefficient (Wildman–Crippen LogP) is 20.8. The Labute approximate surface area is 584 Å². The van der Waals surface area contributed by atoms with Gasteiger partial charge in [0.15, 0.2) is 0 Å². The van der Waals surface area contributed by atoms with E-state index in [0.717, 1.165) is 12.8 Å². The third-order valence-electron chi connectivity index (χ3n) is 24.6. The summed E-state index contributed by atoms with van der Waals surface area (Å²) in [5, 5.41) is 5.24. The van der Waals surface area contributed by atoms with Crippen LogP contribution in [0, 0.1) is 6.92 Å². The molecule has 0 N–H and O–H groups in total. The number of fused-ring (bicyclic) bond motifs is 18. The average molecular weight is 1280 g/mol. The van der Waals surface area contributed by atoms with Crippen molar-refractivity contribution in [1.29, 1.82) is 0 Å². The summed E-state index contributed by atoms with van der Waals surface area (Å²) in [5.41, 5.74) is 37.1. The van der Waals surface area contributed by atoms with Gasteiger partial charge in [-0.1, -0.05) is 244 Å². The van der Waals surface area contributed by atoms with Crippen molar-refractivity contribution < 1.29 is 0 Å². The fourth-order valence-corrected chi connectivity index (χ4v) is 21.5. The van der Waals surface area contributed by atoms with Crippen molar-refractivity contribution in [3.8, 4) is 55.6 Å². The Kier molecular flexibility index (Phi) is 11.8. The maximum absolute atomic E-state index is 2.87. The molecule has 1 fully saturated rings. The minimum absolute atomic E-state index is 0.0203. The minimum Gasteiger partial charge on any atom is -0.376 e. The Morgan fingerprint density at radius 3 is 1.60 bits per heavy atom. The minimum atomic E-state index is -0.0738. The molecule has 0 amide bonds. The van der Waals surface area contributed by atoms with Gasteiger partial charge in [0.25, 0.3) is 0 Å². The monoisotopic (exact) mass is 1280 g/mol. The number of nitrogens with zero attached hydrogens (tertiary/aromatic N) is 4. The van der Waals surface area contributed by atoms with E-state index in [1.54, 1.807) is 0 Å². The number of benzene rings is 14. The van der Waals surface area contributed by atoms with E-state index in [-0.39, 0.29) is 35.9 Å². The molecule has 7 aliphatic heterocycles. The number of aryl methyl sites for hydroxylation is 1. The molecular weight excluding hydrogens is 1210 g/mol. The maximum atomic E-state index is 2.87. The lowest BCUT2D eigenvalue weighted by Gasteiger charge is -2.53. The Hall–Kier alpha value is -10.7. The molecule has 7 heteroatoms. The molecule has 1 saturated carbocycles. The van der Waals surface area contributed by atoms with E-state index in [4.69, 9.17) is 0 Å². The number of anilines is 8. The first-order valence-corrected chi connectivity index (χ1v) is 36.6. The standard InChI is InChI=1S/C92H68B2N4S/c1-56-45-75-73-50-64-23-10-12-25-66(64)54-80(73)98(94-79-53-68(60-21-8-5-9-22-60)52-77-89(79)96(83(46-56)87(75)94)92(3)44-17-16-43-91(77,92)2)70-41-37-63(38-42-70)61-33-31-57(32-34-61)47-58-48-76-74-51-65-24-11-13-26-67(65)55-81(74)97(69-39-35-62(36-40-69)59-19-6-4-7-20-59)93-78-29-18-28-72-85-71-27-14-15-30-84(71)99-90(85)95(88(72)78)82(49-58)86(76)93/h4-15,18-42,45-46,48-55,85,90H,16-17,43-44,47H2,1-3H3. The molecule has 0 saturated heterocycles. The first kappa shape index (κ1) is 56.3. The van der Waals surface area contributed by atoms with Crippen LogP contribution in [0.4, 0.5) is 45.5 Å². The Morgan fingerprint density at radius 2 is 0.939 bits per heavy atom. The summed E-state index contributed by atoms with van der Waals surface area (Å²) in [6.07, 6.45) is 5.64. The predicted molar refractivity (Wildman–Crippen MR) is 419 cm³/mol. The molecular formula is C92H68B2N4S. The van der Waals surface area contributed by atoms with Crippen LogP contribution in [0.5, 0.6) is 0 Å². The quantitative estimate of drug-likeness (QED) is 0.147. The van der Waals surface area contributed by atoms with Crippen LogP contribution < -0.4 is 41.3 Å². The molecule has 8 aliphatic rings. The number of rotatable bonds is 7. The molecule has 0 bridgehead atoms. The molecule has 4 atom stereocenters. The highest BCUT2D eigenvalue weighted by Gasteiger charge is 2.62. The van der Waals surface area contributed by atoms with Gasteiger partial charge < -0.3 is 19.4 Å². The third kappa shape index (κ3) is 7.85. The smallest absolute Gasteiger partial charge is 0.333 e. The molecule has 468 valence electrons. The Balaban J connectivity index is 0.663. The zero-order chi connectivity index (χ0) is 65.1. The van der Waals surface area contributed by atoms with Gasteiger partial charge >= 0.3 is 13.7 Å². The highest BCUT2D eigenvalue weighted by Crippen LogP contribution is 2.64. The van der Waals surface area contributed by atoms with Crippen molar-refractivity contribution in [3.05, 3.63) is 318 Å². The van der Waals surface area contributed by atoms with Crippen molar-refractivity contribution >= 4 is 114 Å². The van der Waals surface area contributed by atoms with Crippen LogP contribution in [0.1, 0.15) is 78.8 Å². The van der Waals surface area contributed by atoms with Crippen molar-refractivity contribution in [2.75, 3.05) is 19.4 Å². The molecule has 1 aliphatic carbocycles. The highest BCUT2D eigenvalue weighted by atomic mass is 32.2. The lowest BCUT2D eigenvalue weighted by Crippen LogP contribution is -2.64. The van der Waals surface area contributed by atoms with Crippen molar-refractivity contribution in [1.82, 2.24) is 0 Å². The molecule has 14 aromatic rings. The Morgan fingerprint density at radius 1 is 0.404 bits per heavy atom. The zero-order valence-electron chi connectivity index (χ0n) is 55.7. The fraction of sp³-hybridized carbons (Fsp3) is 0.130. The van der Waals surface area contributed by atoms with Crippen molar-refractivity contribution in [2.24, 2.45) is 0 Å². The molecule has 99 heavy (non-hydrogen) atoms. The van der Waals surface area contributed by atoms with E-state index in [1.807, 2.05) is 11.8 Å². The summed E-state index contributed by atoms with van der Waals surface area (Å²) in [6.45, 7) is 7.42. The van der Waals surface area contributed by atoms with E-state index in [0.29, 0.717) is 0 Å². The average Bonchev–Trinajstić information content (AvgIpc) is 1.57. The molecule has 0 spiro atoms. The van der Waals surface area contributed by atoms with Gasteiger partial charge in [-0.3, -0.25) is 0 Å². The van der Waals surface area contributed by atoms with Crippen LogP contribution in [0.25, 0.3) is 77.2 Å². The maximum Gasteiger partial charge on any atom is 0.333 e. The van der Waals surface area contributed by atoms with E-state index in [1.165, 1.54) is 202 Å². The van der Waals surface area contributed by atoms with Crippen molar-refractivity contribution in [2.45, 2.75) is 80.0 Å². The zero-order valence-corrected chi connectivity index (χ0v) is 56.5. The summed E-state index contributed by atoms with van der Waals surface area (Å²) in [4.78, 5) is 12.5. The van der Waals surface area contributed by atoms with Crippen LogP contribution in [-0.4, -0.2) is 24.6 Å². The van der Waals surface area contributed by atoms with Gasteiger partial charge in [-0.15, -0.1) is 0 Å². The van der Waals surface area contributed by atoms with Gasteiger partial charge in [0.05, 0.1) is 10.9 Å². The SMILES string of the molecule is Cc1cc2c3c(c1)N1c4c(cc(-c5ccccc5)cc4C4(C)CCCCC14C)B3N(c1ccc(-c3ccc(Cc4cc5c6c(c4)N4c7c(cccc7C7c8ccccc8SC74)B6N(c4ccc(-c6ccccc6)cc4)c4cc6ccccc6cc4-5)cc3)cc1)c1cc3ccccc3cc1-2. The lowest BCUT2D eigenvalue weighted by atomic mass is 9.43. The topological polar surface area (TPSA) is 13.0 Å². The van der Waals surface area contributed by atoms with Gasteiger partial charge in [-0.05, 0) is 227 Å². The summed E-state index contributed by atoms with van der Waals surface area (Å²) in [6, 6.07) is 110. The highest BCUT2D eigenvalue weighted by molar-refractivity contribution is 8.00. The fourth-order valence-electron chi connectivity index (χ4n) is 20.0. The summed E-state index contributed by atoms with van der Waals surface area (Å²) in [7, 11) is 0. The van der Waals surface area contributed by atoms with Gasteiger partial charge in [0.2, 0.25) is 0 Å².